The average Bonchev–Trinajstić information content (AvgIpc) is 3.33. The SMILES string of the molecule is CC(C)n1ccc(C2CC3CC(O)(CS(C)(=O)=O)CC3C2)c1C(=O)Nc1ccc(F)c(Cl)c1. The van der Waals surface area contributed by atoms with Gasteiger partial charge in [-0.2, -0.15) is 0 Å². The number of carbonyl (C=O) groups is 1. The number of nitrogens with zero attached hydrogens (tertiary/aromatic N) is 1. The van der Waals surface area contributed by atoms with Gasteiger partial charge < -0.3 is 15.0 Å². The van der Waals surface area contributed by atoms with Crippen LogP contribution in [0.2, 0.25) is 5.02 Å². The molecule has 2 N–H and O–H groups in total. The number of nitrogens with one attached hydrogen (secondary N) is 1. The summed E-state index contributed by atoms with van der Waals surface area (Å²) in [4.78, 5) is 13.3. The largest absolute Gasteiger partial charge is 0.389 e. The van der Waals surface area contributed by atoms with E-state index in [1.54, 1.807) is 0 Å². The first kappa shape index (κ1) is 24.2. The predicted molar refractivity (Wildman–Crippen MR) is 127 cm³/mol. The lowest BCUT2D eigenvalue weighted by Crippen LogP contribution is -2.34. The third-order valence-electron chi connectivity index (χ3n) is 6.99. The summed E-state index contributed by atoms with van der Waals surface area (Å²) < 4.78 is 38.9. The highest BCUT2D eigenvalue weighted by molar-refractivity contribution is 7.90. The molecule has 2 aromatic rings. The van der Waals surface area contributed by atoms with Crippen molar-refractivity contribution >= 4 is 33.0 Å². The summed E-state index contributed by atoms with van der Waals surface area (Å²) in [5.74, 6) is -0.409. The zero-order valence-electron chi connectivity index (χ0n) is 19.0. The Bertz CT molecular complexity index is 1160. The highest BCUT2D eigenvalue weighted by Gasteiger charge is 2.50. The maximum absolute atomic E-state index is 13.5. The number of benzene rings is 1. The summed E-state index contributed by atoms with van der Waals surface area (Å²) >= 11 is 5.87. The maximum atomic E-state index is 13.5. The van der Waals surface area contributed by atoms with Crippen LogP contribution in [0.4, 0.5) is 10.1 Å². The molecular weight excluding hydrogens is 467 g/mol. The molecule has 4 rings (SSSR count). The van der Waals surface area contributed by atoms with Gasteiger partial charge in [0.1, 0.15) is 21.3 Å². The lowest BCUT2D eigenvalue weighted by molar-refractivity contribution is 0.0613. The smallest absolute Gasteiger partial charge is 0.272 e. The van der Waals surface area contributed by atoms with E-state index >= 15 is 0 Å². The van der Waals surface area contributed by atoms with Crippen molar-refractivity contribution in [3.05, 3.63) is 52.6 Å². The molecule has 0 bridgehead atoms. The number of hydrogen-bond acceptors (Lipinski definition) is 4. The summed E-state index contributed by atoms with van der Waals surface area (Å²) in [7, 11) is -3.26. The second-order valence-corrected chi connectivity index (χ2v) is 12.6. The standard InChI is InChI=1S/C24H30ClFN2O4S/c1-14(2)28-7-6-19(22(28)23(29)27-18-4-5-21(26)20(25)10-18)15-8-16-11-24(30,12-17(16)9-15)13-33(3,31)32/h4-7,10,14-17,30H,8-9,11-13H2,1-3H3,(H,27,29). The molecule has 0 saturated heterocycles. The Labute approximate surface area is 199 Å². The van der Waals surface area contributed by atoms with Gasteiger partial charge in [0.25, 0.3) is 5.91 Å². The van der Waals surface area contributed by atoms with Gasteiger partial charge in [0, 0.05) is 24.2 Å². The Balaban J connectivity index is 1.55. The number of fused-ring (bicyclic) bond motifs is 1. The summed E-state index contributed by atoms with van der Waals surface area (Å²) in [6.45, 7) is 4.01. The van der Waals surface area contributed by atoms with E-state index in [1.807, 2.05) is 30.7 Å². The van der Waals surface area contributed by atoms with Crippen LogP contribution in [0.3, 0.4) is 0 Å². The minimum absolute atomic E-state index is 0.0579. The lowest BCUT2D eigenvalue weighted by atomic mass is 9.91. The van der Waals surface area contributed by atoms with Crippen LogP contribution in [0, 0.1) is 17.7 Å². The molecule has 9 heteroatoms. The molecule has 2 unspecified atom stereocenters. The van der Waals surface area contributed by atoms with Crippen LogP contribution in [0.15, 0.2) is 30.5 Å². The number of rotatable bonds is 6. The third-order valence-corrected chi connectivity index (χ3v) is 8.34. The number of carbonyl (C=O) groups excluding carboxylic acids is 1. The van der Waals surface area contributed by atoms with Crippen LogP contribution in [0.5, 0.6) is 0 Å². The molecule has 0 aliphatic heterocycles. The normalized spacial score (nSPS) is 27.2. The zero-order chi connectivity index (χ0) is 24.1. The van der Waals surface area contributed by atoms with Gasteiger partial charge in [0.2, 0.25) is 0 Å². The Morgan fingerprint density at radius 2 is 1.91 bits per heavy atom. The van der Waals surface area contributed by atoms with E-state index in [0.717, 1.165) is 24.7 Å². The molecule has 0 radical (unpaired) electrons. The number of aromatic nitrogens is 1. The fraction of sp³-hybridized carbons (Fsp3) is 0.542. The average molecular weight is 497 g/mol. The monoisotopic (exact) mass is 496 g/mol. The second-order valence-electron chi connectivity index (χ2n) is 10.1. The fourth-order valence-corrected chi connectivity index (χ4v) is 7.26. The molecule has 0 spiro atoms. The Kier molecular flexibility index (Phi) is 6.39. The molecule has 1 aromatic carbocycles. The second kappa shape index (κ2) is 8.71. The van der Waals surface area contributed by atoms with Gasteiger partial charge in [-0.25, -0.2) is 12.8 Å². The first-order valence-electron chi connectivity index (χ1n) is 11.2. The Morgan fingerprint density at radius 3 is 2.45 bits per heavy atom. The highest BCUT2D eigenvalue weighted by Crippen LogP contribution is 2.54. The molecule has 6 nitrogen and oxygen atoms in total. The molecule has 1 aromatic heterocycles. The molecule has 2 saturated carbocycles. The van der Waals surface area contributed by atoms with Crippen molar-refractivity contribution in [3.63, 3.8) is 0 Å². The van der Waals surface area contributed by atoms with Crippen LogP contribution < -0.4 is 5.32 Å². The van der Waals surface area contributed by atoms with Crippen LogP contribution >= 0.6 is 11.6 Å². The number of amides is 1. The van der Waals surface area contributed by atoms with E-state index in [9.17, 15) is 22.7 Å². The van der Waals surface area contributed by atoms with Crippen LogP contribution in [0.25, 0.3) is 0 Å². The number of hydrogen-bond donors (Lipinski definition) is 2. The van der Waals surface area contributed by atoms with Crippen molar-refractivity contribution in [1.29, 1.82) is 0 Å². The Hall–Kier alpha value is -1.90. The number of sulfone groups is 1. The highest BCUT2D eigenvalue weighted by atomic mass is 35.5. The summed E-state index contributed by atoms with van der Waals surface area (Å²) in [6, 6.07) is 6.14. The van der Waals surface area contributed by atoms with Gasteiger partial charge >= 0.3 is 0 Å². The Morgan fingerprint density at radius 1 is 1.27 bits per heavy atom. The molecular formula is C24H30ClFN2O4S. The quantitative estimate of drug-likeness (QED) is 0.601. The summed E-state index contributed by atoms with van der Waals surface area (Å²) in [5, 5.41) is 13.6. The molecule has 1 amide bonds. The van der Waals surface area contributed by atoms with Crippen molar-refractivity contribution < 1.29 is 22.7 Å². The van der Waals surface area contributed by atoms with Gasteiger partial charge in [0.15, 0.2) is 0 Å². The van der Waals surface area contributed by atoms with Crippen LogP contribution in [0.1, 0.15) is 67.5 Å². The van der Waals surface area contributed by atoms with E-state index in [2.05, 4.69) is 5.32 Å². The summed E-state index contributed by atoms with van der Waals surface area (Å²) in [5.41, 5.74) is 0.792. The van der Waals surface area contributed by atoms with Crippen LogP contribution in [-0.2, 0) is 9.84 Å². The van der Waals surface area contributed by atoms with E-state index in [-0.39, 0.29) is 40.5 Å². The maximum Gasteiger partial charge on any atom is 0.272 e. The van der Waals surface area contributed by atoms with Gasteiger partial charge in [-0.05, 0) is 87.1 Å². The van der Waals surface area contributed by atoms with E-state index in [1.165, 1.54) is 18.2 Å². The molecule has 2 atom stereocenters. The topological polar surface area (TPSA) is 88.4 Å². The first-order chi connectivity index (χ1) is 15.3. The fourth-order valence-electron chi connectivity index (χ4n) is 5.87. The molecule has 33 heavy (non-hydrogen) atoms. The summed E-state index contributed by atoms with van der Waals surface area (Å²) in [6.07, 6.45) is 5.64. The van der Waals surface area contributed by atoms with Crippen molar-refractivity contribution in [2.24, 2.45) is 11.8 Å². The number of anilines is 1. The predicted octanol–water partition coefficient (Wildman–Crippen LogP) is 4.79. The number of aliphatic hydroxyl groups is 1. The first-order valence-corrected chi connectivity index (χ1v) is 13.7. The van der Waals surface area contributed by atoms with Crippen molar-refractivity contribution in [1.82, 2.24) is 4.57 Å². The van der Waals surface area contributed by atoms with Crippen molar-refractivity contribution in [2.45, 2.75) is 57.1 Å². The minimum atomic E-state index is -3.26. The van der Waals surface area contributed by atoms with Crippen LogP contribution in [-0.4, -0.2) is 41.6 Å². The van der Waals surface area contributed by atoms with Gasteiger partial charge in [-0.1, -0.05) is 11.6 Å². The van der Waals surface area contributed by atoms with E-state index in [4.69, 9.17) is 11.6 Å². The van der Waals surface area contributed by atoms with E-state index < -0.39 is 21.3 Å². The van der Waals surface area contributed by atoms with Crippen molar-refractivity contribution in [3.8, 4) is 0 Å². The van der Waals surface area contributed by atoms with Gasteiger partial charge in [0.05, 0.1) is 16.4 Å². The van der Waals surface area contributed by atoms with Gasteiger partial charge in [-0.15, -0.1) is 0 Å². The zero-order valence-corrected chi connectivity index (χ0v) is 20.6. The van der Waals surface area contributed by atoms with Crippen molar-refractivity contribution in [2.75, 3.05) is 17.3 Å². The molecule has 2 aliphatic carbocycles. The van der Waals surface area contributed by atoms with E-state index in [0.29, 0.717) is 24.2 Å². The number of halogens is 2. The minimum Gasteiger partial charge on any atom is -0.389 e. The molecule has 180 valence electrons. The molecule has 2 aliphatic rings. The lowest BCUT2D eigenvalue weighted by Gasteiger charge is -2.24. The third kappa shape index (κ3) is 5.12. The molecule has 1 heterocycles. The molecule has 2 fully saturated rings. The van der Waals surface area contributed by atoms with Gasteiger partial charge in [-0.3, -0.25) is 4.79 Å².